The van der Waals surface area contributed by atoms with E-state index in [4.69, 9.17) is 5.73 Å². The van der Waals surface area contributed by atoms with Gasteiger partial charge in [0, 0.05) is 22.6 Å². The van der Waals surface area contributed by atoms with Crippen LogP contribution in [0.3, 0.4) is 0 Å². The standard InChI is InChI=1S/C15H14BrN3O3/c16-12-4-1-10(2-5-12)7-8-18-13-6-3-11(15(17)20)9-14(13)19(21)22/h1-6,9,18H,7-8H2,(H2,17,20). The van der Waals surface area contributed by atoms with Gasteiger partial charge in [-0.3, -0.25) is 14.9 Å². The number of amides is 1. The van der Waals surface area contributed by atoms with E-state index in [9.17, 15) is 14.9 Å². The molecule has 0 saturated heterocycles. The number of nitrogens with zero attached hydrogens (tertiary/aromatic N) is 1. The van der Waals surface area contributed by atoms with Crippen LogP contribution in [0.2, 0.25) is 0 Å². The van der Waals surface area contributed by atoms with Gasteiger partial charge < -0.3 is 11.1 Å². The van der Waals surface area contributed by atoms with Crippen molar-refractivity contribution in [1.29, 1.82) is 0 Å². The van der Waals surface area contributed by atoms with Crippen LogP contribution in [-0.2, 0) is 6.42 Å². The molecule has 0 atom stereocenters. The zero-order valence-corrected chi connectivity index (χ0v) is 13.2. The lowest BCUT2D eigenvalue weighted by atomic mass is 10.1. The monoisotopic (exact) mass is 363 g/mol. The number of hydrogen-bond acceptors (Lipinski definition) is 4. The van der Waals surface area contributed by atoms with E-state index >= 15 is 0 Å². The molecule has 0 heterocycles. The molecular weight excluding hydrogens is 350 g/mol. The van der Waals surface area contributed by atoms with E-state index in [0.717, 1.165) is 16.5 Å². The van der Waals surface area contributed by atoms with Crippen molar-refractivity contribution < 1.29 is 9.72 Å². The number of rotatable bonds is 6. The Hall–Kier alpha value is -2.41. The van der Waals surface area contributed by atoms with Crippen LogP contribution in [0.15, 0.2) is 46.9 Å². The van der Waals surface area contributed by atoms with Crippen LogP contribution in [0.4, 0.5) is 11.4 Å². The molecule has 22 heavy (non-hydrogen) atoms. The number of halogens is 1. The topological polar surface area (TPSA) is 98.3 Å². The van der Waals surface area contributed by atoms with Crippen molar-refractivity contribution in [1.82, 2.24) is 0 Å². The van der Waals surface area contributed by atoms with Gasteiger partial charge in [0.1, 0.15) is 5.69 Å². The first-order valence-corrected chi connectivity index (χ1v) is 7.33. The fourth-order valence-corrected chi connectivity index (χ4v) is 2.24. The number of benzene rings is 2. The maximum Gasteiger partial charge on any atom is 0.293 e. The molecule has 0 bridgehead atoms. The molecule has 3 N–H and O–H groups in total. The van der Waals surface area contributed by atoms with Gasteiger partial charge in [-0.1, -0.05) is 28.1 Å². The summed E-state index contributed by atoms with van der Waals surface area (Å²) in [5.41, 5.74) is 6.58. The highest BCUT2D eigenvalue weighted by molar-refractivity contribution is 9.10. The minimum atomic E-state index is -0.690. The molecular formula is C15H14BrN3O3. The Morgan fingerprint density at radius 1 is 1.23 bits per heavy atom. The molecule has 0 aliphatic rings. The SMILES string of the molecule is NC(=O)c1ccc(NCCc2ccc(Br)cc2)c([N+](=O)[O-])c1. The number of hydrogen-bond donors (Lipinski definition) is 2. The molecule has 0 saturated carbocycles. The van der Waals surface area contributed by atoms with Crippen molar-refractivity contribution in [2.75, 3.05) is 11.9 Å². The van der Waals surface area contributed by atoms with Crippen molar-refractivity contribution in [3.63, 3.8) is 0 Å². The molecule has 0 fully saturated rings. The number of nitro groups is 1. The largest absolute Gasteiger partial charge is 0.379 e. The first-order valence-electron chi connectivity index (χ1n) is 6.54. The van der Waals surface area contributed by atoms with Gasteiger partial charge in [-0.2, -0.15) is 0 Å². The molecule has 0 radical (unpaired) electrons. The number of nitrogens with one attached hydrogen (secondary N) is 1. The molecule has 2 rings (SSSR count). The summed E-state index contributed by atoms with van der Waals surface area (Å²) >= 11 is 3.37. The number of nitro benzene ring substituents is 1. The highest BCUT2D eigenvalue weighted by Crippen LogP contribution is 2.25. The zero-order chi connectivity index (χ0) is 16.1. The number of carbonyl (C=O) groups is 1. The minimum absolute atomic E-state index is 0.116. The number of carbonyl (C=O) groups excluding carboxylic acids is 1. The first-order chi connectivity index (χ1) is 10.5. The fourth-order valence-electron chi connectivity index (χ4n) is 1.98. The smallest absolute Gasteiger partial charge is 0.293 e. The molecule has 6 nitrogen and oxygen atoms in total. The van der Waals surface area contributed by atoms with Crippen LogP contribution in [0, 0.1) is 10.1 Å². The minimum Gasteiger partial charge on any atom is -0.379 e. The fraction of sp³-hybridized carbons (Fsp3) is 0.133. The summed E-state index contributed by atoms with van der Waals surface area (Å²) < 4.78 is 1.00. The second-order valence-electron chi connectivity index (χ2n) is 4.66. The van der Waals surface area contributed by atoms with Crippen LogP contribution < -0.4 is 11.1 Å². The highest BCUT2D eigenvalue weighted by Gasteiger charge is 2.16. The van der Waals surface area contributed by atoms with E-state index in [-0.39, 0.29) is 11.3 Å². The molecule has 0 aliphatic carbocycles. The molecule has 0 aliphatic heterocycles. The third-order valence-electron chi connectivity index (χ3n) is 3.12. The van der Waals surface area contributed by atoms with Crippen LogP contribution in [-0.4, -0.2) is 17.4 Å². The summed E-state index contributed by atoms with van der Waals surface area (Å²) in [5, 5.41) is 14.1. The van der Waals surface area contributed by atoms with Crippen molar-refractivity contribution in [2.24, 2.45) is 5.73 Å². The maximum atomic E-state index is 11.1. The number of primary amides is 1. The second-order valence-corrected chi connectivity index (χ2v) is 5.57. The summed E-state index contributed by atoms with van der Waals surface area (Å²) in [7, 11) is 0. The van der Waals surface area contributed by atoms with Crippen molar-refractivity contribution in [3.05, 3.63) is 68.2 Å². The van der Waals surface area contributed by atoms with Gasteiger partial charge in [-0.25, -0.2) is 0 Å². The van der Waals surface area contributed by atoms with Gasteiger partial charge in [0.2, 0.25) is 5.91 Å². The molecule has 0 aromatic heterocycles. The molecule has 7 heteroatoms. The normalized spacial score (nSPS) is 10.2. The van der Waals surface area contributed by atoms with E-state index in [1.54, 1.807) is 0 Å². The second kappa shape index (κ2) is 7.04. The summed E-state index contributed by atoms with van der Waals surface area (Å²) in [6.45, 7) is 0.540. The Bertz CT molecular complexity index is 702. The lowest BCUT2D eigenvalue weighted by Gasteiger charge is -2.08. The Balaban J connectivity index is 2.07. The quantitative estimate of drug-likeness (QED) is 0.608. The average molecular weight is 364 g/mol. The van der Waals surface area contributed by atoms with Gasteiger partial charge in [0.15, 0.2) is 0 Å². The van der Waals surface area contributed by atoms with Gasteiger partial charge in [-0.15, -0.1) is 0 Å². The number of anilines is 1. The third-order valence-corrected chi connectivity index (χ3v) is 3.65. The van der Waals surface area contributed by atoms with Gasteiger partial charge >= 0.3 is 0 Å². The first kappa shape index (κ1) is 16.0. The van der Waals surface area contributed by atoms with Crippen LogP contribution in [0.1, 0.15) is 15.9 Å². The molecule has 2 aromatic rings. The van der Waals surface area contributed by atoms with Crippen molar-refractivity contribution >= 4 is 33.2 Å². The van der Waals surface area contributed by atoms with E-state index in [1.807, 2.05) is 24.3 Å². The van der Waals surface area contributed by atoms with Crippen LogP contribution in [0.5, 0.6) is 0 Å². The Labute approximate surface area is 135 Å². The maximum absolute atomic E-state index is 11.1. The number of nitrogens with two attached hydrogens (primary N) is 1. The average Bonchev–Trinajstić information content (AvgIpc) is 2.49. The predicted octanol–water partition coefficient (Wildman–Crippen LogP) is 3.11. The van der Waals surface area contributed by atoms with Crippen molar-refractivity contribution in [2.45, 2.75) is 6.42 Å². The van der Waals surface area contributed by atoms with Gasteiger partial charge in [-0.05, 0) is 36.2 Å². The third kappa shape index (κ3) is 4.05. The van der Waals surface area contributed by atoms with E-state index in [1.165, 1.54) is 18.2 Å². The molecule has 1 amide bonds. The van der Waals surface area contributed by atoms with Gasteiger partial charge in [0.25, 0.3) is 5.69 Å². The Kier molecular flexibility index (Phi) is 5.11. The Morgan fingerprint density at radius 2 is 1.91 bits per heavy atom. The summed E-state index contributed by atoms with van der Waals surface area (Å²) in [6.07, 6.45) is 0.724. The highest BCUT2D eigenvalue weighted by atomic mass is 79.9. The summed E-state index contributed by atoms with van der Waals surface area (Å²) in [5.74, 6) is -0.690. The lowest BCUT2D eigenvalue weighted by Crippen LogP contribution is -2.12. The lowest BCUT2D eigenvalue weighted by molar-refractivity contribution is -0.384. The molecule has 2 aromatic carbocycles. The van der Waals surface area contributed by atoms with E-state index < -0.39 is 10.8 Å². The van der Waals surface area contributed by atoms with Crippen LogP contribution >= 0.6 is 15.9 Å². The summed E-state index contributed by atoms with van der Waals surface area (Å²) in [6, 6.07) is 12.0. The molecule has 0 spiro atoms. The Morgan fingerprint density at radius 3 is 2.50 bits per heavy atom. The van der Waals surface area contributed by atoms with Gasteiger partial charge in [0.05, 0.1) is 4.92 Å². The zero-order valence-electron chi connectivity index (χ0n) is 11.6. The predicted molar refractivity (Wildman–Crippen MR) is 88.0 cm³/mol. The van der Waals surface area contributed by atoms with E-state index in [0.29, 0.717) is 12.2 Å². The molecule has 0 unspecified atom stereocenters. The van der Waals surface area contributed by atoms with Crippen molar-refractivity contribution in [3.8, 4) is 0 Å². The summed E-state index contributed by atoms with van der Waals surface area (Å²) in [4.78, 5) is 21.6. The molecule has 114 valence electrons. The van der Waals surface area contributed by atoms with E-state index in [2.05, 4.69) is 21.2 Å². The van der Waals surface area contributed by atoms with Crippen LogP contribution in [0.25, 0.3) is 0 Å².